The summed E-state index contributed by atoms with van der Waals surface area (Å²) >= 11 is 0. The van der Waals surface area contributed by atoms with Crippen LogP contribution in [0.15, 0.2) is 48.7 Å². The van der Waals surface area contributed by atoms with Gasteiger partial charge in [0.05, 0.1) is 5.41 Å². The van der Waals surface area contributed by atoms with Gasteiger partial charge in [0.25, 0.3) is 0 Å². The first-order valence-corrected chi connectivity index (χ1v) is 10.5. The van der Waals surface area contributed by atoms with Crippen LogP contribution in [0.5, 0.6) is 0 Å². The number of carbonyl (C=O) groups is 1. The van der Waals surface area contributed by atoms with E-state index in [-0.39, 0.29) is 11.9 Å². The highest BCUT2D eigenvalue weighted by Gasteiger charge is 2.42. The molecule has 0 bridgehead atoms. The summed E-state index contributed by atoms with van der Waals surface area (Å²) in [6.45, 7) is 7.53. The molecule has 0 spiro atoms. The molecule has 1 amide bonds. The zero-order valence-corrected chi connectivity index (χ0v) is 17.5. The molecule has 1 unspecified atom stereocenters. The summed E-state index contributed by atoms with van der Waals surface area (Å²) in [6.07, 6.45) is 4.32. The van der Waals surface area contributed by atoms with Crippen molar-refractivity contribution >= 4 is 16.8 Å². The van der Waals surface area contributed by atoms with E-state index in [9.17, 15) is 4.79 Å². The van der Waals surface area contributed by atoms with Crippen LogP contribution in [-0.4, -0.2) is 30.1 Å². The van der Waals surface area contributed by atoms with Gasteiger partial charge in [-0.3, -0.25) is 4.79 Å². The van der Waals surface area contributed by atoms with E-state index in [2.05, 4.69) is 79.7 Å². The molecule has 1 aliphatic heterocycles. The number of amides is 1. The number of para-hydroxylation sites is 1. The lowest BCUT2D eigenvalue weighted by Gasteiger charge is -2.37. The third-order valence-corrected chi connectivity index (χ3v) is 6.30. The molecule has 4 nitrogen and oxygen atoms in total. The monoisotopic (exact) mass is 390 g/mol. The summed E-state index contributed by atoms with van der Waals surface area (Å²) in [5.41, 5.74) is 5.47. The van der Waals surface area contributed by atoms with E-state index in [1.54, 1.807) is 0 Å². The van der Waals surface area contributed by atoms with Gasteiger partial charge in [0.15, 0.2) is 0 Å². The minimum absolute atomic E-state index is 0.0483. The van der Waals surface area contributed by atoms with E-state index in [1.807, 2.05) is 0 Å². The fourth-order valence-corrected chi connectivity index (χ4v) is 4.51. The number of nitrogens with one attached hydrogen (secondary N) is 2. The second kappa shape index (κ2) is 8.03. The highest BCUT2D eigenvalue weighted by atomic mass is 16.5. The summed E-state index contributed by atoms with van der Waals surface area (Å²) in [7, 11) is 0. The molecule has 2 N–H and O–H groups in total. The Morgan fingerprint density at radius 3 is 2.59 bits per heavy atom. The Bertz CT molecular complexity index is 997. The number of hydrogen-bond acceptors (Lipinski definition) is 2. The van der Waals surface area contributed by atoms with Gasteiger partial charge in [0.2, 0.25) is 5.91 Å². The minimum Gasteiger partial charge on any atom is -0.381 e. The maximum absolute atomic E-state index is 13.5. The van der Waals surface area contributed by atoms with Gasteiger partial charge in [-0.15, -0.1) is 0 Å². The molecule has 2 heterocycles. The van der Waals surface area contributed by atoms with Crippen molar-refractivity contribution in [1.82, 2.24) is 10.3 Å². The van der Waals surface area contributed by atoms with Gasteiger partial charge in [0, 0.05) is 36.4 Å². The Kier molecular flexibility index (Phi) is 5.46. The third-order valence-electron chi connectivity index (χ3n) is 6.30. The average molecular weight is 391 g/mol. The topological polar surface area (TPSA) is 54.1 Å². The number of aromatic amines is 1. The highest BCUT2D eigenvalue weighted by Crippen LogP contribution is 2.35. The predicted molar refractivity (Wildman–Crippen MR) is 117 cm³/mol. The molecule has 29 heavy (non-hydrogen) atoms. The normalized spacial score (nSPS) is 17.2. The summed E-state index contributed by atoms with van der Waals surface area (Å²) in [5, 5.41) is 4.55. The van der Waals surface area contributed by atoms with Crippen LogP contribution in [0.25, 0.3) is 10.9 Å². The Morgan fingerprint density at radius 2 is 1.86 bits per heavy atom. The molecule has 4 heteroatoms. The van der Waals surface area contributed by atoms with Crippen molar-refractivity contribution in [2.45, 2.75) is 51.5 Å². The standard InChI is InChI=1S/C25H30N2O2/c1-17-7-9-21(10-8-17)25(11-13-29-14-12-25)24(28)27-19(3)15-20-16-26-23-18(2)5-4-6-22(20)23/h4-10,16,19,26H,11-15H2,1-3H3,(H,27,28). The Labute approximate surface area is 172 Å². The molecule has 0 aliphatic carbocycles. The number of aryl methyl sites for hydroxylation is 2. The first-order valence-electron chi connectivity index (χ1n) is 10.5. The van der Waals surface area contributed by atoms with E-state index < -0.39 is 5.41 Å². The second-order valence-electron chi connectivity index (χ2n) is 8.45. The first kappa shape index (κ1) is 19.7. The Hall–Kier alpha value is -2.59. The molecular formula is C25H30N2O2. The number of hydrogen-bond donors (Lipinski definition) is 2. The first-order chi connectivity index (χ1) is 14.0. The number of benzene rings is 2. The van der Waals surface area contributed by atoms with Crippen LogP contribution in [-0.2, 0) is 21.4 Å². The van der Waals surface area contributed by atoms with Gasteiger partial charge >= 0.3 is 0 Å². The molecule has 4 rings (SSSR count). The van der Waals surface area contributed by atoms with Gasteiger partial charge in [-0.25, -0.2) is 0 Å². The minimum atomic E-state index is -0.503. The fourth-order valence-electron chi connectivity index (χ4n) is 4.51. The van der Waals surface area contributed by atoms with E-state index >= 15 is 0 Å². The molecule has 1 fully saturated rings. The molecule has 0 radical (unpaired) electrons. The van der Waals surface area contributed by atoms with Crippen LogP contribution in [0.3, 0.4) is 0 Å². The predicted octanol–water partition coefficient (Wildman–Crippen LogP) is 4.58. The molecule has 0 saturated carbocycles. The number of ether oxygens (including phenoxy) is 1. The summed E-state index contributed by atoms with van der Waals surface area (Å²) in [4.78, 5) is 16.9. The summed E-state index contributed by atoms with van der Waals surface area (Å²) in [5.74, 6) is 0.119. The van der Waals surface area contributed by atoms with Crippen LogP contribution in [0.2, 0.25) is 0 Å². The number of carbonyl (C=O) groups excluding carboxylic acids is 1. The number of H-pyrrole nitrogens is 1. The molecule has 1 saturated heterocycles. The van der Waals surface area contributed by atoms with E-state index in [0.29, 0.717) is 13.2 Å². The maximum atomic E-state index is 13.5. The van der Waals surface area contributed by atoms with Crippen molar-refractivity contribution in [2.24, 2.45) is 0 Å². The van der Waals surface area contributed by atoms with E-state index in [0.717, 1.165) is 24.8 Å². The van der Waals surface area contributed by atoms with Gasteiger partial charge in [-0.1, -0.05) is 48.0 Å². The summed E-state index contributed by atoms with van der Waals surface area (Å²) in [6, 6.07) is 14.8. The molecule has 152 valence electrons. The van der Waals surface area contributed by atoms with E-state index in [4.69, 9.17) is 4.74 Å². The average Bonchev–Trinajstić information content (AvgIpc) is 3.13. The SMILES string of the molecule is Cc1ccc(C2(C(=O)NC(C)Cc3c[nH]c4c(C)cccc34)CCOCC2)cc1. The lowest BCUT2D eigenvalue weighted by molar-refractivity contribution is -0.131. The van der Waals surface area contributed by atoms with Gasteiger partial charge in [-0.05, 0) is 56.7 Å². The molecule has 1 atom stereocenters. The highest BCUT2D eigenvalue weighted by molar-refractivity contribution is 5.89. The second-order valence-corrected chi connectivity index (χ2v) is 8.45. The van der Waals surface area contributed by atoms with E-state index in [1.165, 1.54) is 27.6 Å². The Morgan fingerprint density at radius 1 is 1.14 bits per heavy atom. The summed E-state index contributed by atoms with van der Waals surface area (Å²) < 4.78 is 5.59. The number of fused-ring (bicyclic) bond motifs is 1. The lowest BCUT2D eigenvalue weighted by Crippen LogP contribution is -2.50. The molecule has 3 aromatic rings. The quantitative estimate of drug-likeness (QED) is 0.670. The van der Waals surface area contributed by atoms with Crippen molar-refractivity contribution in [2.75, 3.05) is 13.2 Å². The van der Waals surface area contributed by atoms with Crippen LogP contribution in [0.1, 0.15) is 42.0 Å². The molecular weight excluding hydrogens is 360 g/mol. The van der Waals surface area contributed by atoms with Gasteiger partial charge < -0.3 is 15.0 Å². The van der Waals surface area contributed by atoms with Crippen LogP contribution < -0.4 is 5.32 Å². The zero-order chi connectivity index (χ0) is 20.4. The molecule has 1 aromatic heterocycles. The van der Waals surface area contributed by atoms with Gasteiger partial charge in [-0.2, -0.15) is 0 Å². The number of rotatable bonds is 5. The number of aromatic nitrogens is 1. The third kappa shape index (κ3) is 3.82. The van der Waals surface area contributed by atoms with Crippen molar-refractivity contribution in [3.63, 3.8) is 0 Å². The lowest BCUT2D eigenvalue weighted by atomic mass is 9.73. The largest absolute Gasteiger partial charge is 0.381 e. The molecule has 1 aliphatic rings. The van der Waals surface area contributed by atoms with Gasteiger partial charge in [0.1, 0.15) is 0 Å². The molecule has 2 aromatic carbocycles. The van der Waals surface area contributed by atoms with Crippen LogP contribution in [0, 0.1) is 13.8 Å². The Balaban J connectivity index is 1.54. The van der Waals surface area contributed by atoms with Crippen LogP contribution >= 0.6 is 0 Å². The van der Waals surface area contributed by atoms with Crippen LogP contribution in [0.4, 0.5) is 0 Å². The van der Waals surface area contributed by atoms with Crippen molar-refractivity contribution in [3.8, 4) is 0 Å². The van der Waals surface area contributed by atoms with Crippen molar-refractivity contribution < 1.29 is 9.53 Å². The smallest absolute Gasteiger partial charge is 0.231 e. The maximum Gasteiger partial charge on any atom is 0.231 e. The van der Waals surface area contributed by atoms with Crippen molar-refractivity contribution in [3.05, 3.63) is 70.9 Å². The zero-order valence-electron chi connectivity index (χ0n) is 17.5. The van der Waals surface area contributed by atoms with Crippen molar-refractivity contribution in [1.29, 1.82) is 0 Å². The fraction of sp³-hybridized carbons (Fsp3) is 0.400.